The SMILES string of the molecule is CCNC(=NCC1CCN(c2cccc(OC)c2)C1)NCC1CCCO1.I. The van der Waals surface area contributed by atoms with Crippen LogP contribution in [0.1, 0.15) is 26.2 Å². The maximum Gasteiger partial charge on any atom is 0.191 e. The summed E-state index contributed by atoms with van der Waals surface area (Å²) in [5.74, 6) is 2.40. The predicted molar refractivity (Wildman–Crippen MR) is 122 cm³/mol. The zero-order valence-electron chi connectivity index (χ0n) is 16.4. The summed E-state index contributed by atoms with van der Waals surface area (Å²) >= 11 is 0. The highest BCUT2D eigenvalue weighted by Gasteiger charge is 2.23. The lowest BCUT2D eigenvalue weighted by molar-refractivity contribution is 0.114. The van der Waals surface area contributed by atoms with E-state index in [1.54, 1.807) is 7.11 Å². The lowest BCUT2D eigenvalue weighted by Gasteiger charge is -2.19. The highest BCUT2D eigenvalue weighted by molar-refractivity contribution is 14.0. The Bertz CT molecular complexity index is 593. The van der Waals surface area contributed by atoms with Crippen LogP contribution in [0.4, 0.5) is 5.69 Å². The van der Waals surface area contributed by atoms with Gasteiger partial charge in [-0.1, -0.05) is 6.07 Å². The second-order valence-corrected chi connectivity index (χ2v) is 7.04. The lowest BCUT2D eigenvalue weighted by Crippen LogP contribution is -2.41. The Morgan fingerprint density at radius 1 is 1.33 bits per heavy atom. The topological polar surface area (TPSA) is 58.1 Å². The van der Waals surface area contributed by atoms with Crippen LogP contribution >= 0.6 is 24.0 Å². The Balaban J connectivity index is 0.00000261. The fraction of sp³-hybridized carbons (Fsp3) is 0.650. The van der Waals surface area contributed by atoms with E-state index in [4.69, 9.17) is 14.5 Å². The standard InChI is InChI=1S/C20H32N4O2.HI/c1-3-21-20(23-14-19-8-5-11-26-19)22-13-16-9-10-24(15-16)17-6-4-7-18(12-17)25-2;/h4,6-7,12,16,19H,3,5,8-11,13-15H2,1-2H3,(H2,21,22,23);1H. The van der Waals surface area contributed by atoms with Crippen LogP contribution in [0, 0.1) is 5.92 Å². The minimum atomic E-state index is 0. The molecule has 1 aromatic carbocycles. The van der Waals surface area contributed by atoms with Crippen LogP contribution < -0.4 is 20.3 Å². The summed E-state index contributed by atoms with van der Waals surface area (Å²) in [6, 6.07) is 8.31. The summed E-state index contributed by atoms with van der Waals surface area (Å²) in [7, 11) is 1.71. The maximum absolute atomic E-state index is 5.68. The molecule has 0 saturated carbocycles. The molecule has 0 amide bonds. The number of benzene rings is 1. The molecule has 0 aliphatic carbocycles. The second kappa shape index (κ2) is 11.6. The minimum absolute atomic E-state index is 0. The molecule has 2 atom stereocenters. The number of hydrogen-bond donors (Lipinski definition) is 2. The van der Waals surface area contributed by atoms with Crippen LogP contribution in [0.15, 0.2) is 29.3 Å². The molecule has 1 aromatic rings. The monoisotopic (exact) mass is 488 g/mol. The third-order valence-electron chi connectivity index (χ3n) is 5.08. The van der Waals surface area contributed by atoms with Gasteiger partial charge in [0.25, 0.3) is 0 Å². The first-order valence-electron chi connectivity index (χ1n) is 9.81. The smallest absolute Gasteiger partial charge is 0.191 e. The Kier molecular flexibility index (Phi) is 9.47. The number of hydrogen-bond acceptors (Lipinski definition) is 4. The van der Waals surface area contributed by atoms with Crippen LogP contribution in [-0.2, 0) is 4.74 Å². The van der Waals surface area contributed by atoms with E-state index in [1.807, 2.05) is 6.07 Å². The van der Waals surface area contributed by atoms with Crippen molar-refractivity contribution in [1.29, 1.82) is 0 Å². The molecule has 2 saturated heterocycles. The molecule has 2 fully saturated rings. The molecule has 0 bridgehead atoms. The molecule has 0 spiro atoms. The molecule has 27 heavy (non-hydrogen) atoms. The molecule has 2 N–H and O–H groups in total. The van der Waals surface area contributed by atoms with E-state index in [0.29, 0.717) is 12.0 Å². The van der Waals surface area contributed by atoms with Crippen molar-refractivity contribution in [3.8, 4) is 5.75 Å². The van der Waals surface area contributed by atoms with Crippen LogP contribution in [0.5, 0.6) is 5.75 Å². The molecule has 2 aliphatic rings. The van der Waals surface area contributed by atoms with E-state index >= 15 is 0 Å². The molecule has 7 heteroatoms. The average Bonchev–Trinajstić information content (AvgIpc) is 3.36. The maximum atomic E-state index is 5.68. The van der Waals surface area contributed by atoms with Gasteiger partial charge in [0.2, 0.25) is 0 Å². The summed E-state index contributed by atoms with van der Waals surface area (Å²) in [6.45, 7) is 7.67. The molecule has 6 nitrogen and oxygen atoms in total. The van der Waals surface area contributed by atoms with Gasteiger partial charge in [-0.05, 0) is 44.2 Å². The first-order valence-corrected chi connectivity index (χ1v) is 9.81. The van der Waals surface area contributed by atoms with Crippen LogP contribution in [-0.4, -0.2) is 58.5 Å². The van der Waals surface area contributed by atoms with Gasteiger partial charge >= 0.3 is 0 Å². The fourth-order valence-corrected chi connectivity index (χ4v) is 3.60. The van der Waals surface area contributed by atoms with E-state index in [-0.39, 0.29) is 24.0 Å². The molecule has 2 unspecified atom stereocenters. The van der Waals surface area contributed by atoms with Crippen molar-refractivity contribution in [3.63, 3.8) is 0 Å². The first-order chi connectivity index (χ1) is 12.8. The number of anilines is 1. The van der Waals surface area contributed by atoms with Gasteiger partial charge in [0.15, 0.2) is 5.96 Å². The van der Waals surface area contributed by atoms with Crippen LogP contribution in [0.3, 0.4) is 0 Å². The largest absolute Gasteiger partial charge is 0.497 e. The fourth-order valence-electron chi connectivity index (χ4n) is 3.60. The van der Waals surface area contributed by atoms with Gasteiger partial charge in [0.1, 0.15) is 5.75 Å². The van der Waals surface area contributed by atoms with Crippen LogP contribution in [0.2, 0.25) is 0 Å². The van der Waals surface area contributed by atoms with E-state index in [2.05, 4.69) is 40.7 Å². The van der Waals surface area contributed by atoms with Gasteiger partial charge in [-0.15, -0.1) is 24.0 Å². The van der Waals surface area contributed by atoms with Crippen molar-refractivity contribution in [1.82, 2.24) is 10.6 Å². The van der Waals surface area contributed by atoms with E-state index in [0.717, 1.165) is 57.5 Å². The van der Waals surface area contributed by atoms with Crippen molar-refractivity contribution in [3.05, 3.63) is 24.3 Å². The van der Waals surface area contributed by atoms with Gasteiger partial charge in [-0.2, -0.15) is 0 Å². The zero-order chi connectivity index (χ0) is 18.2. The third-order valence-corrected chi connectivity index (χ3v) is 5.08. The zero-order valence-corrected chi connectivity index (χ0v) is 18.8. The third kappa shape index (κ3) is 6.71. The van der Waals surface area contributed by atoms with Crippen molar-refractivity contribution < 1.29 is 9.47 Å². The summed E-state index contributed by atoms with van der Waals surface area (Å²) in [6.07, 6.45) is 3.81. The van der Waals surface area contributed by atoms with Crippen molar-refractivity contribution >= 4 is 35.6 Å². The second-order valence-electron chi connectivity index (χ2n) is 7.04. The first kappa shape index (κ1) is 22.1. The van der Waals surface area contributed by atoms with E-state index in [1.165, 1.54) is 18.5 Å². The number of rotatable bonds is 7. The van der Waals surface area contributed by atoms with Gasteiger partial charge in [-0.3, -0.25) is 4.99 Å². The molecule has 0 aromatic heterocycles. The normalized spacial score (nSPS) is 22.4. The van der Waals surface area contributed by atoms with Gasteiger partial charge in [-0.25, -0.2) is 0 Å². The number of nitrogens with one attached hydrogen (secondary N) is 2. The Morgan fingerprint density at radius 2 is 2.22 bits per heavy atom. The van der Waals surface area contributed by atoms with E-state index in [9.17, 15) is 0 Å². The van der Waals surface area contributed by atoms with Gasteiger partial charge < -0.3 is 25.0 Å². The summed E-state index contributed by atoms with van der Waals surface area (Å²) in [5, 5.41) is 6.77. The molecule has 0 radical (unpaired) electrons. The number of ether oxygens (including phenoxy) is 2. The molecule has 2 heterocycles. The van der Waals surface area contributed by atoms with Crippen LogP contribution in [0.25, 0.3) is 0 Å². The van der Waals surface area contributed by atoms with Gasteiger partial charge in [0.05, 0.1) is 13.2 Å². The summed E-state index contributed by atoms with van der Waals surface area (Å²) in [4.78, 5) is 7.23. The molecule has 152 valence electrons. The quantitative estimate of drug-likeness (QED) is 0.351. The lowest BCUT2D eigenvalue weighted by atomic mass is 10.1. The average molecular weight is 488 g/mol. The molecular formula is C20H33IN4O2. The Morgan fingerprint density at radius 3 is 2.96 bits per heavy atom. The van der Waals surface area contributed by atoms with Crippen molar-refractivity contribution in [2.24, 2.45) is 10.9 Å². The van der Waals surface area contributed by atoms with Crippen molar-refractivity contribution in [2.45, 2.75) is 32.3 Å². The Hall–Kier alpha value is -1.22. The highest BCUT2D eigenvalue weighted by atomic mass is 127. The molecule has 2 aliphatic heterocycles. The van der Waals surface area contributed by atoms with Crippen molar-refractivity contribution in [2.75, 3.05) is 51.3 Å². The predicted octanol–water partition coefficient (Wildman–Crippen LogP) is 2.87. The molecular weight excluding hydrogens is 455 g/mol. The number of guanidine groups is 1. The summed E-state index contributed by atoms with van der Waals surface area (Å²) < 4.78 is 11.0. The number of nitrogens with zero attached hydrogens (tertiary/aromatic N) is 2. The number of aliphatic imine (C=N–C) groups is 1. The highest BCUT2D eigenvalue weighted by Crippen LogP contribution is 2.26. The number of methoxy groups -OCH3 is 1. The number of halogens is 1. The minimum Gasteiger partial charge on any atom is -0.497 e. The molecule has 3 rings (SSSR count). The van der Waals surface area contributed by atoms with E-state index < -0.39 is 0 Å². The van der Waals surface area contributed by atoms with Gasteiger partial charge in [0, 0.05) is 51.1 Å². The summed E-state index contributed by atoms with van der Waals surface area (Å²) in [5.41, 5.74) is 1.24. The Labute approximate surface area is 180 Å².